The van der Waals surface area contributed by atoms with Gasteiger partial charge in [0.1, 0.15) is 5.76 Å². The van der Waals surface area contributed by atoms with Crippen LogP contribution in [0.5, 0.6) is 0 Å². The van der Waals surface area contributed by atoms with Gasteiger partial charge in [0.25, 0.3) is 0 Å². The second-order valence-corrected chi connectivity index (χ2v) is 4.26. The lowest BCUT2D eigenvalue weighted by Gasteiger charge is -1.96. The molecule has 0 aliphatic carbocycles. The number of aromatic carboxylic acids is 1. The molecule has 0 aliphatic rings. The van der Waals surface area contributed by atoms with E-state index in [-0.39, 0.29) is 12.4 Å². The molecule has 1 aromatic heterocycles. The van der Waals surface area contributed by atoms with Gasteiger partial charge in [-0.05, 0) is 25.2 Å². The molecule has 0 saturated heterocycles. The van der Waals surface area contributed by atoms with Crippen LogP contribution in [0.3, 0.4) is 0 Å². The molecule has 0 bridgehead atoms. The first-order valence-corrected chi connectivity index (χ1v) is 5.82. The third-order valence-electron chi connectivity index (χ3n) is 1.85. The van der Waals surface area contributed by atoms with E-state index in [1.165, 1.54) is 0 Å². The summed E-state index contributed by atoms with van der Waals surface area (Å²) in [6, 6.07) is 1.75. The van der Waals surface area contributed by atoms with Crippen LogP contribution in [-0.2, 0) is 5.75 Å². The number of hydrogen-bond acceptors (Lipinski definition) is 4. The van der Waals surface area contributed by atoms with Crippen molar-refractivity contribution in [3.05, 3.63) is 23.2 Å². The monoisotopic (exact) mass is 230 g/mol. The summed E-state index contributed by atoms with van der Waals surface area (Å²) >= 11 is 1.62. The molecule has 84 valence electrons. The van der Waals surface area contributed by atoms with Crippen molar-refractivity contribution >= 4 is 17.7 Å². The van der Waals surface area contributed by atoms with Crippen LogP contribution in [0.4, 0.5) is 0 Å². The Morgan fingerprint density at radius 3 is 2.87 bits per heavy atom. The first-order valence-electron chi connectivity index (χ1n) is 4.66. The number of furan rings is 1. The highest BCUT2D eigenvalue weighted by atomic mass is 32.2. The third kappa shape index (κ3) is 3.60. The van der Waals surface area contributed by atoms with Gasteiger partial charge in [-0.1, -0.05) is 0 Å². The molecule has 0 saturated carbocycles. The summed E-state index contributed by atoms with van der Waals surface area (Å²) in [6.07, 6.45) is 0.746. The normalized spacial score (nSPS) is 10.5. The van der Waals surface area contributed by atoms with Gasteiger partial charge in [-0.15, -0.1) is 0 Å². The summed E-state index contributed by atoms with van der Waals surface area (Å²) in [7, 11) is 0. The largest absolute Gasteiger partial charge is 0.475 e. The molecule has 15 heavy (non-hydrogen) atoms. The van der Waals surface area contributed by atoms with E-state index in [2.05, 4.69) is 0 Å². The van der Waals surface area contributed by atoms with Crippen molar-refractivity contribution in [3.8, 4) is 0 Å². The highest BCUT2D eigenvalue weighted by Crippen LogP contribution is 2.19. The molecule has 0 fully saturated rings. The van der Waals surface area contributed by atoms with Gasteiger partial charge in [0, 0.05) is 12.2 Å². The van der Waals surface area contributed by atoms with E-state index in [0.29, 0.717) is 17.1 Å². The van der Waals surface area contributed by atoms with Crippen LogP contribution < -0.4 is 0 Å². The fraction of sp³-hybridized carbons (Fsp3) is 0.500. The van der Waals surface area contributed by atoms with E-state index in [9.17, 15) is 4.79 Å². The summed E-state index contributed by atoms with van der Waals surface area (Å²) in [5.74, 6) is 1.16. The van der Waals surface area contributed by atoms with E-state index in [0.717, 1.165) is 12.2 Å². The van der Waals surface area contributed by atoms with Crippen LogP contribution in [0.25, 0.3) is 0 Å². The highest BCUT2D eigenvalue weighted by Gasteiger charge is 2.13. The number of aryl methyl sites for hydroxylation is 1. The van der Waals surface area contributed by atoms with Crippen LogP contribution >= 0.6 is 11.8 Å². The molecular weight excluding hydrogens is 216 g/mol. The van der Waals surface area contributed by atoms with E-state index >= 15 is 0 Å². The number of hydrogen-bond donors (Lipinski definition) is 2. The van der Waals surface area contributed by atoms with E-state index in [1.54, 1.807) is 24.8 Å². The standard InChI is InChI=1S/C10H14O4S/c1-7-5-8(6-15-4-2-3-11)14-9(7)10(12)13/h5,11H,2-4,6H2,1H3,(H,12,13). The number of thioether (sulfide) groups is 1. The highest BCUT2D eigenvalue weighted by molar-refractivity contribution is 7.98. The summed E-state index contributed by atoms with van der Waals surface area (Å²) < 4.78 is 5.17. The number of carboxylic acid groups (broad SMARTS) is 1. The Bertz CT molecular complexity index is 332. The maximum atomic E-state index is 10.7. The van der Waals surface area contributed by atoms with Crippen molar-refractivity contribution in [2.24, 2.45) is 0 Å². The summed E-state index contributed by atoms with van der Waals surface area (Å²) in [5, 5.41) is 17.3. The number of aliphatic hydroxyl groups is 1. The second kappa shape index (κ2) is 5.82. The molecule has 0 radical (unpaired) electrons. The lowest BCUT2D eigenvalue weighted by atomic mass is 10.3. The average molecular weight is 230 g/mol. The Hall–Kier alpha value is -0.940. The Labute approximate surface area is 92.3 Å². The Morgan fingerprint density at radius 1 is 1.60 bits per heavy atom. The van der Waals surface area contributed by atoms with Crippen molar-refractivity contribution in [2.45, 2.75) is 19.1 Å². The van der Waals surface area contributed by atoms with E-state index in [4.69, 9.17) is 14.6 Å². The van der Waals surface area contributed by atoms with Gasteiger partial charge >= 0.3 is 5.97 Å². The fourth-order valence-corrected chi connectivity index (χ4v) is 1.99. The van der Waals surface area contributed by atoms with Crippen LogP contribution in [0.15, 0.2) is 10.5 Å². The Morgan fingerprint density at radius 2 is 2.33 bits per heavy atom. The first kappa shape index (κ1) is 12.1. The van der Waals surface area contributed by atoms with Crippen LogP contribution in [-0.4, -0.2) is 28.5 Å². The van der Waals surface area contributed by atoms with Gasteiger partial charge in [-0.2, -0.15) is 11.8 Å². The topological polar surface area (TPSA) is 70.7 Å². The quantitative estimate of drug-likeness (QED) is 0.730. The van der Waals surface area contributed by atoms with Crippen LogP contribution in [0, 0.1) is 6.92 Å². The number of rotatable bonds is 6. The van der Waals surface area contributed by atoms with Crippen LogP contribution in [0.2, 0.25) is 0 Å². The third-order valence-corrected chi connectivity index (χ3v) is 2.92. The van der Waals surface area contributed by atoms with Gasteiger partial charge in [0.15, 0.2) is 0 Å². The van der Waals surface area contributed by atoms with Crippen molar-refractivity contribution in [1.29, 1.82) is 0 Å². The van der Waals surface area contributed by atoms with Gasteiger partial charge in [-0.25, -0.2) is 4.79 Å². The van der Waals surface area contributed by atoms with Gasteiger partial charge in [0.05, 0.1) is 5.75 Å². The minimum absolute atomic E-state index is 0.0211. The zero-order valence-electron chi connectivity index (χ0n) is 8.52. The maximum absolute atomic E-state index is 10.7. The molecule has 0 aliphatic heterocycles. The number of carboxylic acids is 1. The number of aliphatic hydroxyl groups excluding tert-OH is 1. The number of carbonyl (C=O) groups is 1. The lowest BCUT2D eigenvalue weighted by molar-refractivity contribution is 0.0659. The van der Waals surface area contributed by atoms with E-state index in [1.807, 2.05) is 0 Å². The summed E-state index contributed by atoms with van der Waals surface area (Å²) in [5.41, 5.74) is 0.653. The lowest BCUT2D eigenvalue weighted by Crippen LogP contribution is -1.94. The molecule has 0 spiro atoms. The average Bonchev–Trinajstić information content (AvgIpc) is 2.55. The molecule has 1 rings (SSSR count). The minimum Gasteiger partial charge on any atom is -0.475 e. The molecule has 0 amide bonds. The predicted octanol–water partition coefficient (Wildman–Crippen LogP) is 1.90. The van der Waals surface area contributed by atoms with Crippen molar-refractivity contribution in [3.63, 3.8) is 0 Å². The Balaban J connectivity index is 2.48. The first-order chi connectivity index (χ1) is 7.15. The Kier molecular flexibility index (Phi) is 4.71. The molecule has 2 N–H and O–H groups in total. The molecule has 0 aromatic carbocycles. The maximum Gasteiger partial charge on any atom is 0.372 e. The zero-order valence-corrected chi connectivity index (χ0v) is 9.34. The smallest absolute Gasteiger partial charge is 0.372 e. The van der Waals surface area contributed by atoms with E-state index < -0.39 is 5.97 Å². The van der Waals surface area contributed by atoms with Crippen LogP contribution in [0.1, 0.15) is 28.3 Å². The summed E-state index contributed by atoms with van der Waals surface area (Å²) in [6.45, 7) is 1.90. The zero-order chi connectivity index (χ0) is 11.3. The molecule has 1 heterocycles. The van der Waals surface area contributed by atoms with Gasteiger partial charge < -0.3 is 14.6 Å². The molecular formula is C10H14O4S. The van der Waals surface area contributed by atoms with Crippen molar-refractivity contribution in [1.82, 2.24) is 0 Å². The molecule has 0 atom stereocenters. The second-order valence-electron chi connectivity index (χ2n) is 3.16. The molecule has 0 unspecified atom stereocenters. The van der Waals surface area contributed by atoms with Gasteiger partial charge in [0.2, 0.25) is 5.76 Å². The minimum atomic E-state index is -1.03. The van der Waals surface area contributed by atoms with Gasteiger partial charge in [-0.3, -0.25) is 0 Å². The van der Waals surface area contributed by atoms with Crippen molar-refractivity contribution < 1.29 is 19.4 Å². The molecule has 1 aromatic rings. The molecule has 5 heteroatoms. The SMILES string of the molecule is Cc1cc(CSCCCO)oc1C(=O)O. The van der Waals surface area contributed by atoms with Crippen molar-refractivity contribution in [2.75, 3.05) is 12.4 Å². The predicted molar refractivity (Wildman–Crippen MR) is 58.3 cm³/mol. The summed E-state index contributed by atoms with van der Waals surface area (Å²) in [4.78, 5) is 10.7. The fourth-order valence-electron chi connectivity index (χ4n) is 1.17. The molecule has 4 nitrogen and oxygen atoms in total.